The van der Waals surface area contributed by atoms with Crippen molar-refractivity contribution < 1.29 is 30.7 Å². The zero-order valence-corrected chi connectivity index (χ0v) is 26.7. The summed E-state index contributed by atoms with van der Waals surface area (Å²) >= 11 is 0. The zero-order valence-electron chi connectivity index (χ0n) is 26.7. The van der Waals surface area contributed by atoms with Crippen LogP contribution in [0.4, 0.5) is 30.7 Å². The highest BCUT2D eigenvalue weighted by Crippen LogP contribution is 2.41. The Morgan fingerprint density at radius 3 is 1.42 bits per heavy atom. The molecule has 52 heavy (non-hydrogen) atoms. The van der Waals surface area contributed by atoms with Crippen molar-refractivity contribution in [1.29, 1.82) is 0 Å². The molecule has 0 amide bonds. The molecule has 0 saturated heterocycles. The molecule has 0 bridgehead atoms. The van der Waals surface area contributed by atoms with Crippen LogP contribution in [0.5, 0.6) is 0 Å². The van der Waals surface area contributed by atoms with Gasteiger partial charge in [0.2, 0.25) is 0 Å². The van der Waals surface area contributed by atoms with Crippen molar-refractivity contribution >= 4 is 21.8 Å². The summed E-state index contributed by atoms with van der Waals surface area (Å²) in [6.07, 6.45) is -9.45. The van der Waals surface area contributed by atoms with Crippen molar-refractivity contribution in [3.05, 3.63) is 156 Å². The minimum atomic E-state index is -4.72. The fraction of sp³-hybridized carbons (Fsp3) is 0.0488. The number of halogens is 7. The van der Waals surface area contributed by atoms with E-state index in [0.29, 0.717) is 34.0 Å². The molecule has 0 atom stereocenters. The Morgan fingerprint density at radius 2 is 0.923 bits per heavy atom. The monoisotopic (exact) mass is 704 g/mol. The first-order valence-electron chi connectivity index (χ1n) is 15.9. The molecular weight excluding hydrogens is 681 g/mol. The number of hydrogen-bond acceptors (Lipinski definition) is 3. The van der Waals surface area contributed by atoms with E-state index in [1.165, 1.54) is 30.3 Å². The number of aromatic nitrogens is 4. The van der Waals surface area contributed by atoms with E-state index in [4.69, 9.17) is 15.0 Å². The van der Waals surface area contributed by atoms with Gasteiger partial charge in [-0.2, -0.15) is 26.3 Å². The van der Waals surface area contributed by atoms with Gasteiger partial charge in [0.1, 0.15) is 5.82 Å². The molecule has 0 unspecified atom stereocenters. The molecule has 0 saturated carbocycles. The van der Waals surface area contributed by atoms with Gasteiger partial charge in [0.05, 0.1) is 22.2 Å². The standard InChI is InChI=1S/C41H23F7N4/c42-29-13-7-12-26(20-29)32-23-30(52-35-18-14-27(40(43,44)45)21-33(35)34-22-28(41(46,47)48)15-19-36(34)52)16-17-31(32)39-50-37(24-8-3-1-4-9-24)49-38(51-39)25-10-5-2-6-11-25/h1-23H. The van der Waals surface area contributed by atoms with E-state index < -0.39 is 29.3 Å². The number of alkyl halides is 6. The molecule has 0 aliphatic heterocycles. The number of benzene rings is 6. The van der Waals surface area contributed by atoms with E-state index in [9.17, 15) is 30.7 Å². The number of fused-ring (bicyclic) bond motifs is 3. The summed E-state index contributed by atoms with van der Waals surface area (Å²) in [6.45, 7) is 0. The molecule has 6 aromatic carbocycles. The van der Waals surface area contributed by atoms with Crippen LogP contribution in [0.1, 0.15) is 11.1 Å². The molecule has 2 heterocycles. The molecule has 4 nitrogen and oxygen atoms in total. The van der Waals surface area contributed by atoms with Crippen LogP contribution in [0.15, 0.2) is 140 Å². The summed E-state index contributed by atoms with van der Waals surface area (Å²) in [6, 6.07) is 35.5. The Labute approximate surface area is 291 Å². The minimum Gasteiger partial charge on any atom is -0.309 e. The van der Waals surface area contributed by atoms with Gasteiger partial charge in [-0.3, -0.25) is 0 Å². The second-order valence-corrected chi connectivity index (χ2v) is 12.1. The highest BCUT2D eigenvalue weighted by atomic mass is 19.4. The third-order valence-corrected chi connectivity index (χ3v) is 8.76. The normalized spacial score (nSPS) is 12.1. The molecule has 8 aromatic rings. The largest absolute Gasteiger partial charge is 0.416 e. The van der Waals surface area contributed by atoms with Gasteiger partial charge < -0.3 is 4.57 Å². The number of rotatable bonds is 5. The molecule has 0 aliphatic rings. The highest BCUT2D eigenvalue weighted by molar-refractivity contribution is 6.10. The van der Waals surface area contributed by atoms with Gasteiger partial charge in [-0.25, -0.2) is 19.3 Å². The van der Waals surface area contributed by atoms with E-state index in [1.54, 1.807) is 28.8 Å². The molecule has 0 spiro atoms. The fourth-order valence-electron chi connectivity index (χ4n) is 6.34. The van der Waals surface area contributed by atoms with Crippen LogP contribution in [0.25, 0.3) is 72.8 Å². The van der Waals surface area contributed by atoms with Gasteiger partial charge in [-0.15, -0.1) is 0 Å². The Hall–Kier alpha value is -6.36. The summed E-state index contributed by atoms with van der Waals surface area (Å²) in [4.78, 5) is 14.4. The SMILES string of the molecule is Fc1cccc(-c2cc(-n3c4ccc(C(F)(F)F)cc4c4cc(C(F)(F)F)ccc43)ccc2-c2nc(-c3ccccc3)nc(-c3ccccc3)n2)c1. The zero-order chi connectivity index (χ0) is 36.2. The topological polar surface area (TPSA) is 43.6 Å². The first kappa shape index (κ1) is 32.8. The quantitative estimate of drug-likeness (QED) is 0.168. The van der Waals surface area contributed by atoms with Crippen molar-refractivity contribution in [2.45, 2.75) is 12.4 Å². The molecule has 0 N–H and O–H groups in total. The van der Waals surface area contributed by atoms with Crippen molar-refractivity contribution in [3.8, 4) is 51.0 Å². The van der Waals surface area contributed by atoms with Crippen LogP contribution in [0, 0.1) is 5.82 Å². The van der Waals surface area contributed by atoms with Crippen LogP contribution in [-0.2, 0) is 12.4 Å². The molecule has 11 heteroatoms. The highest BCUT2D eigenvalue weighted by Gasteiger charge is 2.33. The maximum Gasteiger partial charge on any atom is 0.416 e. The summed E-state index contributed by atoms with van der Waals surface area (Å²) in [5.41, 5.74) is 1.78. The Balaban J connectivity index is 1.40. The van der Waals surface area contributed by atoms with Crippen molar-refractivity contribution in [2.75, 3.05) is 0 Å². The Kier molecular flexibility index (Phi) is 7.86. The Morgan fingerprint density at radius 1 is 0.423 bits per heavy atom. The van der Waals surface area contributed by atoms with Crippen LogP contribution < -0.4 is 0 Å². The average Bonchev–Trinajstić information content (AvgIpc) is 3.47. The lowest BCUT2D eigenvalue weighted by Crippen LogP contribution is -2.04. The number of nitrogens with zero attached hydrogens (tertiary/aromatic N) is 4. The van der Waals surface area contributed by atoms with Crippen LogP contribution in [0.2, 0.25) is 0 Å². The second-order valence-electron chi connectivity index (χ2n) is 12.1. The molecule has 0 aliphatic carbocycles. The summed E-state index contributed by atoms with van der Waals surface area (Å²) in [5, 5.41) is -0.0189. The molecular formula is C41H23F7N4. The molecule has 256 valence electrons. The van der Waals surface area contributed by atoms with Crippen LogP contribution in [0.3, 0.4) is 0 Å². The van der Waals surface area contributed by atoms with Crippen LogP contribution in [-0.4, -0.2) is 19.5 Å². The van der Waals surface area contributed by atoms with Crippen molar-refractivity contribution in [1.82, 2.24) is 19.5 Å². The van der Waals surface area contributed by atoms with E-state index in [2.05, 4.69) is 0 Å². The van der Waals surface area contributed by atoms with Gasteiger partial charge in [0.15, 0.2) is 17.5 Å². The second kappa shape index (κ2) is 12.4. The molecule has 2 aromatic heterocycles. The lowest BCUT2D eigenvalue weighted by atomic mass is 9.97. The third-order valence-electron chi connectivity index (χ3n) is 8.76. The number of hydrogen-bond donors (Lipinski definition) is 0. The maximum absolute atomic E-state index is 14.8. The lowest BCUT2D eigenvalue weighted by Gasteiger charge is -2.16. The van der Waals surface area contributed by atoms with Gasteiger partial charge in [0.25, 0.3) is 0 Å². The van der Waals surface area contributed by atoms with Gasteiger partial charge in [-0.05, 0) is 77.9 Å². The molecule has 0 fully saturated rings. The molecule has 8 rings (SSSR count). The van der Waals surface area contributed by atoms with E-state index in [-0.39, 0.29) is 27.6 Å². The maximum atomic E-state index is 14.8. The lowest BCUT2D eigenvalue weighted by molar-refractivity contribution is -0.138. The third kappa shape index (κ3) is 6.04. The van der Waals surface area contributed by atoms with E-state index >= 15 is 0 Å². The van der Waals surface area contributed by atoms with Gasteiger partial charge in [0, 0.05) is 33.2 Å². The first-order valence-corrected chi connectivity index (χ1v) is 15.9. The fourth-order valence-corrected chi connectivity index (χ4v) is 6.34. The minimum absolute atomic E-state index is 0.00946. The summed E-state index contributed by atoms with van der Waals surface area (Å²) in [7, 11) is 0. The van der Waals surface area contributed by atoms with E-state index in [1.807, 2.05) is 60.7 Å². The first-order chi connectivity index (χ1) is 24.9. The van der Waals surface area contributed by atoms with Crippen LogP contribution >= 0.6 is 0 Å². The van der Waals surface area contributed by atoms with Gasteiger partial charge >= 0.3 is 12.4 Å². The summed E-state index contributed by atoms with van der Waals surface area (Å²) in [5.74, 6) is 0.533. The van der Waals surface area contributed by atoms with E-state index in [0.717, 1.165) is 35.4 Å². The molecule has 0 radical (unpaired) electrons. The smallest absolute Gasteiger partial charge is 0.309 e. The van der Waals surface area contributed by atoms with Gasteiger partial charge in [-0.1, -0.05) is 72.8 Å². The van der Waals surface area contributed by atoms with Crippen molar-refractivity contribution in [2.24, 2.45) is 0 Å². The predicted molar refractivity (Wildman–Crippen MR) is 186 cm³/mol. The van der Waals surface area contributed by atoms with Crippen molar-refractivity contribution in [3.63, 3.8) is 0 Å². The summed E-state index contributed by atoms with van der Waals surface area (Å²) < 4.78 is 99.4. The predicted octanol–water partition coefficient (Wildman–Crippen LogP) is 11.8. The Bertz CT molecular complexity index is 2480. The average molecular weight is 705 g/mol.